The number of nitrogens with one attached hydrogen (secondary N) is 2. The van der Waals surface area contributed by atoms with E-state index < -0.39 is 10.0 Å². The molecule has 0 amide bonds. The van der Waals surface area contributed by atoms with Gasteiger partial charge in [0.05, 0.1) is 5.02 Å². The van der Waals surface area contributed by atoms with Crippen molar-refractivity contribution in [2.45, 2.75) is 56.6 Å². The molecule has 0 aliphatic heterocycles. The fourth-order valence-electron chi connectivity index (χ4n) is 2.06. The Morgan fingerprint density at radius 1 is 1.29 bits per heavy atom. The highest BCUT2D eigenvalue weighted by atomic mass is 35.5. The second-order valence-electron chi connectivity index (χ2n) is 5.62. The second kappa shape index (κ2) is 6.84. The molecule has 0 unspecified atom stereocenters. The molecule has 0 bridgehead atoms. The molecule has 1 aromatic rings. The summed E-state index contributed by atoms with van der Waals surface area (Å²) in [5, 5.41) is 3.87. The average molecular weight is 351 g/mol. The van der Waals surface area contributed by atoms with Crippen molar-refractivity contribution < 1.29 is 8.42 Å². The zero-order chi connectivity index (χ0) is 15.6. The Hall–Kier alpha value is -0.330. The van der Waals surface area contributed by atoms with Crippen LogP contribution in [0.15, 0.2) is 17.0 Å². The quantitative estimate of drug-likeness (QED) is 0.827. The van der Waals surface area contributed by atoms with Gasteiger partial charge >= 0.3 is 0 Å². The molecule has 2 N–H and O–H groups in total. The van der Waals surface area contributed by atoms with Crippen LogP contribution in [0.2, 0.25) is 10.0 Å². The lowest BCUT2D eigenvalue weighted by atomic mass is 9.94. The summed E-state index contributed by atoms with van der Waals surface area (Å²) in [4.78, 5) is 0.0982. The number of rotatable bonds is 6. The van der Waals surface area contributed by atoms with E-state index in [2.05, 4.69) is 10.0 Å². The van der Waals surface area contributed by atoms with E-state index in [0.29, 0.717) is 17.1 Å². The molecule has 0 spiro atoms. The van der Waals surface area contributed by atoms with Gasteiger partial charge in [0.1, 0.15) is 4.90 Å². The molecule has 0 saturated heterocycles. The Labute approximate surface area is 136 Å². The van der Waals surface area contributed by atoms with Gasteiger partial charge in [0, 0.05) is 29.2 Å². The van der Waals surface area contributed by atoms with Crippen molar-refractivity contribution in [2.24, 2.45) is 0 Å². The van der Waals surface area contributed by atoms with Crippen LogP contribution in [0.3, 0.4) is 0 Å². The summed E-state index contributed by atoms with van der Waals surface area (Å²) in [6, 6.07) is 3.33. The highest BCUT2D eigenvalue weighted by molar-refractivity contribution is 7.89. The number of hydrogen-bond acceptors (Lipinski definition) is 3. The zero-order valence-corrected chi connectivity index (χ0v) is 14.4. The largest absolute Gasteiger partial charge is 0.310 e. The molecule has 7 heteroatoms. The van der Waals surface area contributed by atoms with Crippen LogP contribution in [0.5, 0.6) is 0 Å². The third-order valence-electron chi connectivity index (χ3n) is 3.55. The van der Waals surface area contributed by atoms with Gasteiger partial charge in [0.25, 0.3) is 0 Å². The van der Waals surface area contributed by atoms with Crippen molar-refractivity contribution >= 4 is 33.2 Å². The molecule has 1 aliphatic rings. The second-order valence-corrected chi connectivity index (χ2v) is 8.09. The highest BCUT2D eigenvalue weighted by Crippen LogP contribution is 2.32. The monoisotopic (exact) mass is 350 g/mol. The van der Waals surface area contributed by atoms with E-state index in [4.69, 9.17) is 23.2 Å². The fraction of sp³-hybridized carbons (Fsp3) is 0.571. The lowest BCUT2D eigenvalue weighted by Crippen LogP contribution is -2.39. The van der Waals surface area contributed by atoms with Gasteiger partial charge in [0.2, 0.25) is 10.0 Å². The normalized spacial score (nSPS) is 16.2. The molecule has 118 valence electrons. The van der Waals surface area contributed by atoms with Crippen LogP contribution < -0.4 is 10.0 Å². The van der Waals surface area contributed by atoms with E-state index in [-0.39, 0.29) is 22.0 Å². The van der Waals surface area contributed by atoms with Crippen LogP contribution in [0.25, 0.3) is 0 Å². The summed E-state index contributed by atoms with van der Waals surface area (Å²) in [6.45, 7) is 4.43. The van der Waals surface area contributed by atoms with E-state index in [1.807, 2.05) is 13.8 Å². The third-order valence-corrected chi connectivity index (χ3v) is 6.01. The molecule has 0 aromatic heterocycles. The summed E-state index contributed by atoms with van der Waals surface area (Å²) < 4.78 is 27.5. The third kappa shape index (κ3) is 4.11. The number of sulfonamides is 1. The van der Waals surface area contributed by atoms with Crippen LogP contribution in [0, 0.1) is 0 Å². The van der Waals surface area contributed by atoms with Crippen molar-refractivity contribution in [2.75, 3.05) is 0 Å². The van der Waals surface area contributed by atoms with E-state index in [9.17, 15) is 8.42 Å². The lowest BCUT2D eigenvalue weighted by Gasteiger charge is -2.26. The van der Waals surface area contributed by atoms with E-state index in [1.54, 1.807) is 6.07 Å². The minimum atomic E-state index is -3.60. The van der Waals surface area contributed by atoms with Gasteiger partial charge in [-0.3, -0.25) is 0 Å². The van der Waals surface area contributed by atoms with Gasteiger partial charge < -0.3 is 5.32 Å². The van der Waals surface area contributed by atoms with E-state index in [1.165, 1.54) is 6.07 Å². The standard InChI is InChI=1S/C14H20Cl2N2O2S/c1-9(2)17-8-11-12(15)6-7-13(14(11)16)21(19,20)18-10-4-3-5-10/h6-7,9-10,17-18H,3-5,8H2,1-2H3. The predicted molar refractivity (Wildman–Crippen MR) is 86.4 cm³/mol. The minimum Gasteiger partial charge on any atom is -0.310 e. The van der Waals surface area contributed by atoms with E-state index >= 15 is 0 Å². The average Bonchev–Trinajstić information content (AvgIpc) is 2.33. The number of halogens is 2. The molecule has 1 aliphatic carbocycles. The smallest absolute Gasteiger partial charge is 0.242 e. The molecular weight excluding hydrogens is 331 g/mol. The molecule has 4 nitrogen and oxygen atoms in total. The zero-order valence-electron chi connectivity index (χ0n) is 12.1. The van der Waals surface area contributed by atoms with Crippen molar-refractivity contribution in [1.82, 2.24) is 10.0 Å². The Morgan fingerprint density at radius 3 is 2.48 bits per heavy atom. The SMILES string of the molecule is CC(C)NCc1c(Cl)ccc(S(=O)(=O)NC2CCC2)c1Cl. The van der Waals surface area contributed by atoms with Crippen LogP contribution in [-0.2, 0) is 16.6 Å². The minimum absolute atomic E-state index is 0.0268. The van der Waals surface area contributed by atoms with Gasteiger partial charge in [-0.2, -0.15) is 0 Å². The van der Waals surface area contributed by atoms with Gasteiger partial charge in [-0.25, -0.2) is 13.1 Å². The molecular formula is C14H20Cl2N2O2S. The summed E-state index contributed by atoms with van der Waals surface area (Å²) in [7, 11) is -3.60. The Kier molecular flexibility index (Phi) is 5.54. The first-order valence-corrected chi connectivity index (χ1v) is 9.27. The molecule has 2 rings (SSSR count). The lowest BCUT2D eigenvalue weighted by molar-refractivity contribution is 0.383. The summed E-state index contributed by atoms with van der Waals surface area (Å²) in [5.41, 5.74) is 0.614. The maximum absolute atomic E-state index is 12.4. The van der Waals surface area contributed by atoms with Crippen LogP contribution in [-0.4, -0.2) is 20.5 Å². The molecule has 0 heterocycles. The molecule has 0 radical (unpaired) electrons. The summed E-state index contributed by atoms with van der Waals surface area (Å²) in [6.07, 6.45) is 2.82. The molecule has 1 aromatic carbocycles. The van der Waals surface area contributed by atoms with Crippen LogP contribution in [0.1, 0.15) is 38.7 Å². The first-order chi connectivity index (χ1) is 9.81. The fourth-order valence-corrected chi connectivity index (χ4v) is 4.28. The van der Waals surface area contributed by atoms with Gasteiger partial charge in [-0.15, -0.1) is 0 Å². The highest BCUT2D eigenvalue weighted by Gasteiger charge is 2.27. The Balaban J connectivity index is 2.29. The first-order valence-electron chi connectivity index (χ1n) is 7.04. The maximum atomic E-state index is 12.4. The summed E-state index contributed by atoms with van der Waals surface area (Å²) >= 11 is 12.4. The Morgan fingerprint density at radius 2 is 1.95 bits per heavy atom. The van der Waals surface area contributed by atoms with Crippen molar-refractivity contribution in [3.05, 3.63) is 27.7 Å². The topological polar surface area (TPSA) is 58.2 Å². The summed E-state index contributed by atoms with van der Waals surface area (Å²) in [5.74, 6) is 0. The predicted octanol–water partition coefficient (Wildman–Crippen LogP) is 3.32. The molecule has 1 fully saturated rings. The van der Waals surface area contributed by atoms with Crippen LogP contribution in [0.4, 0.5) is 0 Å². The van der Waals surface area contributed by atoms with Gasteiger partial charge in [0.15, 0.2) is 0 Å². The van der Waals surface area contributed by atoms with Gasteiger partial charge in [-0.05, 0) is 25.0 Å². The van der Waals surface area contributed by atoms with Crippen molar-refractivity contribution in [1.29, 1.82) is 0 Å². The number of hydrogen-bond donors (Lipinski definition) is 2. The molecule has 1 saturated carbocycles. The van der Waals surface area contributed by atoms with Crippen molar-refractivity contribution in [3.8, 4) is 0 Å². The first kappa shape index (κ1) is 17.0. The molecule has 0 atom stereocenters. The maximum Gasteiger partial charge on any atom is 0.242 e. The molecule has 21 heavy (non-hydrogen) atoms. The van der Waals surface area contributed by atoms with Crippen molar-refractivity contribution in [3.63, 3.8) is 0 Å². The Bertz CT molecular complexity index is 614. The van der Waals surface area contributed by atoms with E-state index in [0.717, 1.165) is 19.3 Å². The van der Waals surface area contributed by atoms with Crippen LogP contribution >= 0.6 is 23.2 Å². The van der Waals surface area contributed by atoms with Gasteiger partial charge in [-0.1, -0.05) is 43.5 Å². The number of benzene rings is 1.